The van der Waals surface area contributed by atoms with Crippen molar-refractivity contribution in [2.24, 2.45) is 0 Å². The zero-order valence-electron chi connectivity index (χ0n) is 11.3. The van der Waals surface area contributed by atoms with Crippen LogP contribution in [0, 0.1) is 0 Å². The minimum atomic E-state index is -0.406. The van der Waals surface area contributed by atoms with Crippen LogP contribution in [0.5, 0.6) is 0 Å². The van der Waals surface area contributed by atoms with Gasteiger partial charge in [-0.1, -0.05) is 0 Å². The summed E-state index contributed by atoms with van der Waals surface area (Å²) >= 11 is 6.53. The number of nitrogens with one attached hydrogen (secondary N) is 2. The van der Waals surface area contributed by atoms with Gasteiger partial charge in [-0.05, 0) is 44.0 Å². The van der Waals surface area contributed by atoms with Crippen molar-refractivity contribution < 1.29 is 4.79 Å². The van der Waals surface area contributed by atoms with Gasteiger partial charge in [0, 0.05) is 35.4 Å². The van der Waals surface area contributed by atoms with Crippen LogP contribution in [0.1, 0.15) is 10.4 Å². The predicted octanol–water partition coefficient (Wildman–Crippen LogP) is 2.61. The highest BCUT2D eigenvalue weighted by Gasteiger charge is 2.16. The van der Waals surface area contributed by atoms with Crippen molar-refractivity contribution in [3.63, 3.8) is 0 Å². The molecule has 8 heteroatoms. The first kappa shape index (κ1) is 15.7. The molecule has 2 rings (SSSR count). The number of H-pyrrole nitrogens is 1. The van der Waals surface area contributed by atoms with Crippen LogP contribution >= 0.6 is 31.9 Å². The minimum absolute atomic E-state index is 0.166. The van der Waals surface area contributed by atoms with Gasteiger partial charge < -0.3 is 15.2 Å². The number of hydrogen-bond acceptors (Lipinski definition) is 4. The number of aromatic nitrogens is 2. The highest BCUT2D eigenvalue weighted by Crippen LogP contribution is 2.21. The lowest BCUT2D eigenvalue weighted by Gasteiger charge is -2.16. The molecule has 0 bridgehead atoms. The van der Waals surface area contributed by atoms with E-state index in [1.165, 1.54) is 12.3 Å². The topological polar surface area (TPSA) is 78.1 Å². The second kappa shape index (κ2) is 6.40. The van der Waals surface area contributed by atoms with Gasteiger partial charge in [0.05, 0.1) is 5.56 Å². The van der Waals surface area contributed by atoms with Crippen LogP contribution in [-0.4, -0.2) is 30.0 Å². The number of hydrogen-bond donors (Lipinski definition) is 2. The summed E-state index contributed by atoms with van der Waals surface area (Å²) in [5.74, 6) is 0.109. The average Bonchev–Trinajstić information content (AvgIpc) is 2.42. The van der Waals surface area contributed by atoms with E-state index < -0.39 is 5.91 Å². The minimum Gasteiger partial charge on any atom is -0.362 e. The van der Waals surface area contributed by atoms with Gasteiger partial charge in [-0.3, -0.25) is 9.59 Å². The van der Waals surface area contributed by atoms with Gasteiger partial charge in [-0.15, -0.1) is 0 Å². The zero-order chi connectivity index (χ0) is 15.6. The molecule has 6 nitrogen and oxygen atoms in total. The molecule has 0 saturated carbocycles. The van der Waals surface area contributed by atoms with Crippen LogP contribution in [0.25, 0.3) is 0 Å². The van der Waals surface area contributed by atoms with Crippen LogP contribution in [0.4, 0.5) is 11.5 Å². The van der Waals surface area contributed by atoms with Gasteiger partial charge >= 0.3 is 0 Å². The molecule has 2 N–H and O–H groups in total. The number of amides is 1. The molecule has 0 fully saturated rings. The van der Waals surface area contributed by atoms with Crippen molar-refractivity contribution in [3.8, 4) is 0 Å². The fraction of sp³-hybridized carbons (Fsp3) is 0.154. The first-order chi connectivity index (χ1) is 9.88. The standard InChI is InChI=1S/C13H12Br2N4O2/c1-19(2)11-9(3-7(14)5-16-11)12(20)18-10-4-8(15)6-17-13(10)21/h3-6H,1-2H3,(H,17,21)(H,18,20). The van der Waals surface area contributed by atoms with Gasteiger partial charge in [-0.2, -0.15) is 0 Å². The van der Waals surface area contributed by atoms with Crippen molar-refractivity contribution in [1.29, 1.82) is 0 Å². The highest BCUT2D eigenvalue weighted by atomic mass is 79.9. The SMILES string of the molecule is CN(C)c1ncc(Br)cc1C(=O)Nc1cc(Br)c[nH]c1=O. The van der Waals surface area contributed by atoms with Crippen LogP contribution in [0.2, 0.25) is 0 Å². The smallest absolute Gasteiger partial charge is 0.271 e. The number of nitrogens with zero attached hydrogens (tertiary/aromatic N) is 2. The molecule has 0 unspecified atom stereocenters. The Balaban J connectivity index is 2.39. The molecular formula is C13H12Br2N4O2. The lowest BCUT2D eigenvalue weighted by atomic mass is 10.2. The third kappa shape index (κ3) is 3.70. The maximum Gasteiger partial charge on any atom is 0.271 e. The Morgan fingerprint density at radius 3 is 2.67 bits per heavy atom. The third-order valence-corrected chi connectivity index (χ3v) is 3.51. The number of rotatable bonds is 3. The van der Waals surface area contributed by atoms with Crippen LogP contribution < -0.4 is 15.8 Å². The molecule has 2 aromatic heterocycles. The molecule has 0 aliphatic heterocycles. The molecule has 2 aromatic rings. The number of aromatic amines is 1. The van der Waals surface area contributed by atoms with Crippen LogP contribution in [0.15, 0.2) is 38.3 Å². The second-order valence-electron chi connectivity index (χ2n) is 4.43. The summed E-state index contributed by atoms with van der Waals surface area (Å²) in [6.45, 7) is 0. The Morgan fingerprint density at radius 1 is 1.29 bits per heavy atom. The van der Waals surface area contributed by atoms with Crippen LogP contribution in [-0.2, 0) is 0 Å². The van der Waals surface area contributed by atoms with E-state index in [-0.39, 0.29) is 11.2 Å². The Hall–Kier alpha value is -1.67. The van der Waals surface area contributed by atoms with E-state index >= 15 is 0 Å². The van der Waals surface area contributed by atoms with Crippen molar-refractivity contribution in [2.45, 2.75) is 0 Å². The quantitative estimate of drug-likeness (QED) is 0.807. The number of carbonyl (C=O) groups excluding carboxylic acids is 1. The summed E-state index contributed by atoms with van der Waals surface area (Å²) in [7, 11) is 3.58. The molecule has 0 spiro atoms. The first-order valence-electron chi connectivity index (χ1n) is 5.91. The molecule has 0 radical (unpaired) electrons. The van der Waals surface area contributed by atoms with Crippen molar-refractivity contribution in [3.05, 3.63) is 49.4 Å². The summed E-state index contributed by atoms with van der Waals surface area (Å²) < 4.78 is 1.35. The molecular weight excluding hydrogens is 404 g/mol. The summed E-state index contributed by atoms with van der Waals surface area (Å²) in [5.41, 5.74) is 0.161. The molecule has 0 atom stereocenters. The molecule has 0 aromatic carbocycles. The van der Waals surface area contributed by atoms with E-state index in [2.05, 4.69) is 47.1 Å². The molecule has 21 heavy (non-hydrogen) atoms. The zero-order valence-corrected chi connectivity index (χ0v) is 14.4. The number of carbonyl (C=O) groups is 1. The molecule has 0 aliphatic rings. The molecule has 0 aliphatic carbocycles. The van der Waals surface area contributed by atoms with Gasteiger partial charge in [0.25, 0.3) is 11.5 Å². The summed E-state index contributed by atoms with van der Waals surface area (Å²) in [6.07, 6.45) is 3.11. The number of anilines is 2. The Kier molecular flexibility index (Phi) is 4.79. The Morgan fingerprint density at radius 2 is 2.00 bits per heavy atom. The van der Waals surface area contributed by atoms with E-state index in [4.69, 9.17) is 0 Å². The lowest BCUT2D eigenvalue weighted by molar-refractivity contribution is 0.102. The van der Waals surface area contributed by atoms with E-state index in [0.29, 0.717) is 20.3 Å². The highest BCUT2D eigenvalue weighted by molar-refractivity contribution is 9.10. The first-order valence-corrected chi connectivity index (χ1v) is 7.49. The average molecular weight is 416 g/mol. The van der Waals surface area contributed by atoms with E-state index in [0.717, 1.165) is 0 Å². The normalized spacial score (nSPS) is 10.3. The number of halogens is 2. The fourth-order valence-corrected chi connectivity index (χ4v) is 2.37. The van der Waals surface area contributed by atoms with Crippen LogP contribution in [0.3, 0.4) is 0 Å². The van der Waals surface area contributed by atoms with Gasteiger partial charge in [0.1, 0.15) is 11.5 Å². The Labute approximate surface area is 137 Å². The van der Waals surface area contributed by atoms with E-state index in [9.17, 15) is 9.59 Å². The Bertz CT molecular complexity index is 743. The van der Waals surface area contributed by atoms with Crippen molar-refractivity contribution in [1.82, 2.24) is 9.97 Å². The largest absolute Gasteiger partial charge is 0.362 e. The van der Waals surface area contributed by atoms with Gasteiger partial charge in [0.15, 0.2) is 0 Å². The molecule has 1 amide bonds. The monoisotopic (exact) mass is 414 g/mol. The maximum atomic E-state index is 12.4. The number of pyridine rings is 2. The van der Waals surface area contributed by atoms with E-state index in [1.54, 1.807) is 31.3 Å². The molecule has 110 valence electrons. The fourth-order valence-electron chi connectivity index (χ4n) is 1.70. The molecule has 2 heterocycles. The second-order valence-corrected chi connectivity index (χ2v) is 6.27. The summed E-state index contributed by atoms with van der Waals surface area (Å²) in [4.78, 5) is 32.5. The summed E-state index contributed by atoms with van der Waals surface area (Å²) in [5, 5.41) is 2.59. The lowest BCUT2D eigenvalue weighted by Crippen LogP contribution is -2.23. The van der Waals surface area contributed by atoms with Crippen molar-refractivity contribution >= 4 is 49.3 Å². The predicted molar refractivity (Wildman–Crippen MR) is 89.0 cm³/mol. The third-order valence-electron chi connectivity index (χ3n) is 2.62. The maximum absolute atomic E-state index is 12.4. The summed E-state index contributed by atoms with van der Waals surface area (Å²) in [6, 6.07) is 3.20. The van der Waals surface area contributed by atoms with Crippen molar-refractivity contribution in [2.75, 3.05) is 24.3 Å². The van der Waals surface area contributed by atoms with Gasteiger partial charge in [0.2, 0.25) is 0 Å². The van der Waals surface area contributed by atoms with E-state index in [1.807, 2.05) is 0 Å². The molecule has 0 saturated heterocycles. The van der Waals surface area contributed by atoms with Gasteiger partial charge in [-0.25, -0.2) is 4.98 Å².